The van der Waals surface area contributed by atoms with Crippen LogP contribution in [0.5, 0.6) is 0 Å². The number of hydrogen-bond donors (Lipinski definition) is 2. The molecule has 0 aromatic rings. The van der Waals surface area contributed by atoms with E-state index in [1.54, 1.807) is 0 Å². The first-order chi connectivity index (χ1) is 8.13. The predicted octanol–water partition coefficient (Wildman–Crippen LogP) is 0.855. The molecule has 3 unspecified atom stereocenters. The van der Waals surface area contributed by atoms with Gasteiger partial charge in [-0.1, -0.05) is 6.92 Å². The van der Waals surface area contributed by atoms with Crippen molar-refractivity contribution in [1.29, 1.82) is 0 Å². The van der Waals surface area contributed by atoms with Crippen LogP contribution in [0.1, 0.15) is 46.0 Å². The zero-order valence-corrected chi connectivity index (χ0v) is 11.0. The van der Waals surface area contributed by atoms with Crippen LogP contribution in [0, 0.1) is 0 Å². The van der Waals surface area contributed by atoms with Crippen molar-refractivity contribution in [2.75, 3.05) is 6.54 Å². The van der Waals surface area contributed by atoms with Crippen molar-refractivity contribution >= 4 is 5.91 Å². The highest BCUT2D eigenvalue weighted by Gasteiger charge is 2.43. The lowest BCUT2D eigenvalue weighted by molar-refractivity contribution is -0.127. The maximum absolute atomic E-state index is 12.0. The summed E-state index contributed by atoms with van der Waals surface area (Å²) in [5.41, 5.74) is 6.05. The Morgan fingerprint density at radius 1 is 1.41 bits per heavy atom. The molecule has 2 saturated heterocycles. The van der Waals surface area contributed by atoms with Gasteiger partial charge in [0.05, 0.1) is 6.04 Å². The number of rotatable bonds is 4. The Balaban J connectivity index is 1.96. The van der Waals surface area contributed by atoms with Crippen LogP contribution in [0.4, 0.5) is 0 Å². The normalized spacial score (nSPS) is 34.6. The third-order valence-electron chi connectivity index (χ3n) is 4.20. The number of nitrogens with two attached hydrogens (primary N) is 1. The van der Waals surface area contributed by atoms with Gasteiger partial charge in [-0.05, 0) is 39.0 Å². The van der Waals surface area contributed by atoms with E-state index in [4.69, 9.17) is 5.73 Å². The molecule has 1 amide bonds. The molecule has 0 aromatic heterocycles. The van der Waals surface area contributed by atoms with Gasteiger partial charge in [-0.15, -0.1) is 0 Å². The van der Waals surface area contributed by atoms with E-state index in [2.05, 4.69) is 17.1 Å². The minimum absolute atomic E-state index is 0.00606. The summed E-state index contributed by atoms with van der Waals surface area (Å²) in [7, 11) is 0. The van der Waals surface area contributed by atoms with Gasteiger partial charge in [0, 0.05) is 24.7 Å². The average molecular weight is 239 g/mol. The van der Waals surface area contributed by atoms with Gasteiger partial charge in [0.2, 0.25) is 5.91 Å². The Kier molecular flexibility index (Phi) is 4.05. The van der Waals surface area contributed by atoms with Gasteiger partial charge in [-0.3, -0.25) is 9.69 Å². The molecule has 4 nitrogen and oxygen atoms in total. The summed E-state index contributed by atoms with van der Waals surface area (Å²) in [4.78, 5) is 14.4. The topological polar surface area (TPSA) is 58.4 Å². The maximum Gasteiger partial charge on any atom is 0.237 e. The lowest BCUT2D eigenvalue weighted by atomic mass is 9.96. The molecule has 2 aliphatic rings. The zero-order valence-electron chi connectivity index (χ0n) is 11.0. The summed E-state index contributed by atoms with van der Waals surface area (Å²) in [5, 5.41) is 3.00. The van der Waals surface area contributed by atoms with E-state index in [0.717, 1.165) is 25.8 Å². The monoisotopic (exact) mass is 239 g/mol. The molecule has 2 aliphatic heterocycles. The Labute approximate surface area is 104 Å². The van der Waals surface area contributed by atoms with Gasteiger partial charge in [0.25, 0.3) is 0 Å². The molecule has 0 aliphatic carbocycles. The zero-order chi connectivity index (χ0) is 12.4. The standard InChI is InChI=1S/C13H25N3O/c1-3-6-15-13(17)9(2)16-11-4-5-12(16)8-10(14)7-11/h9-12H,3-8,14H2,1-2H3,(H,15,17). The minimum Gasteiger partial charge on any atom is -0.355 e. The van der Waals surface area contributed by atoms with Crippen LogP contribution in [0.2, 0.25) is 0 Å². The SMILES string of the molecule is CCCNC(=O)C(C)N1C2CCC1CC(N)C2. The molecular weight excluding hydrogens is 214 g/mol. The summed E-state index contributed by atoms with van der Waals surface area (Å²) in [6.45, 7) is 4.90. The molecule has 2 rings (SSSR count). The van der Waals surface area contributed by atoms with E-state index >= 15 is 0 Å². The highest BCUT2D eigenvalue weighted by atomic mass is 16.2. The molecule has 98 valence electrons. The fraction of sp³-hybridized carbons (Fsp3) is 0.923. The quantitative estimate of drug-likeness (QED) is 0.765. The van der Waals surface area contributed by atoms with Crippen LogP contribution in [0.3, 0.4) is 0 Å². The Bertz CT molecular complexity index is 268. The van der Waals surface area contributed by atoms with Gasteiger partial charge in [0.1, 0.15) is 0 Å². The molecule has 0 saturated carbocycles. The van der Waals surface area contributed by atoms with Crippen molar-refractivity contribution in [1.82, 2.24) is 10.2 Å². The first-order valence-corrected chi connectivity index (χ1v) is 6.94. The summed E-state index contributed by atoms with van der Waals surface area (Å²) < 4.78 is 0. The summed E-state index contributed by atoms with van der Waals surface area (Å²) in [6.07, 6.45) is 5.54. The van der Waals surface area contributed by atoms with E-state index < -0.39 is 0 Å². The second-order valence-corrected chi connectivity index (χ2v) is 5.53. The molecule has 2 bridgehead atoms. The highest BCUT2D eigenvalue weighted by molar-refractivity contribution is 5.81. The fourth-order valence-corrected chi connectivity index (χ4v) is 3.42. The summed E-state index contributed by atoms with van der Waals surface area (Å²) >= 11 is 0. The number of piperidine rings is 1. The summed E-state index contributed by atoms with van der Waals surface area (Å²) in [5.74, 6) is 0.180. The molecule has 2 fully saturated rings. The molecule has 2 heterocycles. The molecule has 0 spiro atoms. The van der Waals surface area contributed by atoms with E-state index in [0.29, 0.717) is 18.1 Å². The van der Waals surface area contributed by atoms with Gasteiger partial charge in [0.15, 0.2) is 0 Å². The van der Waals surface area contributed by atoms with Crippen LogP contribution < -0.4 is 11.1 Å². The number of fused-ring (bicyclic) bond motifs is 2. The van der Waals surface area contributed by atoms with Gasteiger partial charge in [-0.2, -0.15) is 0 Å². The number of hydrogen-bond acceptors (Lipinski definition) is 3. The number of carbonyl (C=O) groups excluding carboxylic acids is 1. The van der Waals surface area contributed by atoms with Crippen molar-refractivity contribution < 1.29 is 4.79 Å². The molecule has 17 heavy (non-hydrogen) atoms. The minimum atomic E-state index is 0.00606. The van der Waals surface area contributed by atoms with E-state index in [-0.39, 0.29) is 11.9 Å². The van der Waals surface area contributed by atoms with E-state index in [1.807, 2.05) is 6.92 Å². The van der Waals surface area contributed by atoms with Gasteiger partial charge < -0.3 is 11.1 Å². The number of nitrogens with zero attached hydrogens (tertiary/aromatic N) is 1. The van der Waals surface area contributed by atoms with Crippen molar-refractivity contribution in [3.8, 4) is 0 Å². The van der Waals surface area contributed by atoms with Crippen molar-refractivity contribution in [3.05, 3.63) is 0 Å². The van der Waals surface area contributed by atoms with Crippen LogP contribution in [0.15, 0.2) is 0 Å². The third-order valence-corrected chi connectivity index (χ3v) is 4.20. The number of amides is 1. The van der Waals surface area contributed by atoms with Gasteiger partial charge >= 0.3 is 0 Å². The lowest BCUT2D eigenvalue weighted by Gasteiger charge is -2.40. The molecule has 3 atom stereocenters. The van der Waals surface area contributed by atoms with Crippen LogP contribution in [-0.4, -0.2) is 41.5 Å². The fourth-order valence-electron chi connectivity index (χ4n) is 3.42. The van der Waals surface area contributed by atoms with Crippen LogP contribution in [-0.2, 0) is 4.79 Å². The average Bonchev–Trinajstić information content (AvgIpc) is 2.57. The third kappa shape index (κ3) is 2.63. The maximum atomic E-state index is 12.0. The molecule has 3 N–H and O–H groups in total. The Morgan fingerprint density at radius 2 is 2.00 bits per heavy atom. The van der Waals surface area contributed by atoms with E-state index in [1.165, 1.54) is 12.8 Å². The van der Waals surface area contributed by atoms with Crippen LogP contribution in [0.25, 0.3) is 0 Å². The predicted molar refractivity (Wildman–Crippen MR) is 68.6 cm³/mol. The second-order valence-electron chi connectivity index (χ2n) is 5.53. The Morgan fingerprint density at radius 3 is 2.53 bits per heavy atom. The van der Waals surface area contributed by atoms with Crippen LogP contribution >= 0.6 is 0 Å². The summed E-state index contributed by atoms with van der Waals surface area (Å²) in [6, 6.07) is 1.42. The molecular formula is C13H25N3O. The van der Waals surface area contributed by atoms with E-state index in [9.17, 15) is 4.79 Å². The Hall–Kier alpha value is -0.610. The second kappa shape index (κ2) is 5.36. The van der Waals surface area contributed by atoms with Crippen molar-refractivity contribution in [3.63, 3.8) is 0 Å². The largest absolute Gasteiger partial charge is 0.355 e. The van der Waals surface area contributed by atoms with Crippen molar-refractivity contribution in [2.24, 2.45) is 5.73 Å². The number of carbonyl (C=O) groups is 1. The first kappa shape index (κ1) is 12.8. The van der Waals surface area contributed by atoms with Gasteiger partial charge in [-0.25, -0.2) is 0 Å². The highest BCUT2D eigenvalue weighted by Crippen LogP contribution is 2.36. The van der Waals surface area contributed by atoms with Crippen molar-refractivity contribution in [2.45, 2.75) is 70.1 Å². The molecule has 0 aromatic carbocycles. The number of nitrogens with one attached hydrogen (secondary N) is 1. The molecule has 4 heteroatoms. The lowest BCUT2D eigenvalue weighted by Crippen LogP contribution is -2.55. The smallest absolute Gasteiger partial charge is 0.237 e. The first-order valence-electron chi connectivity index (χ1n) is 6.94. The molecule has 0 radical (unpaired) electrons.